The lowest BCUT2D eigenvalue weighted by Gasteiger charge is -2.40. The number of aliphatic carboxylic acids is 1. The molecule has 6 unspecified atom stereocenters. The number of hydrogen-bond acceptors (Lipinski definition) is 11. The van der Waals surface area contributed by atoms with Crippen molar-refractivity contribution in [3.63, 3.8) is 0 Å². The van der Waals surface area contributed by atoms with Crippen LogP contribution in [0.15, 0.2) is 24.3 Å². The summed E-state index contributed by atoms with van der Waals surface area (Å²) in [5, 5.41) is 31.4. The van der Waals surface area contributed by atoms with E-state index < -0.39 is 67.3 Å². The summed E-state index contributed by atoms with van der Waals surface area (Å²) in [6.45, 7) is 5.90. The van der Waals surface area contributed by atoms with Crippen LogP contribution in [0.25, 0.3) is 0 Å². The normalized spacial score (nSPS) is 18.8. The number of carbonyl (C=O) groups is 4. The van der Waals surface area contributed by atoms with Crippen LogP contribution in [0.3, 0.4) is 0 Å². The van der Waals surface area contributed by atoms with Crippen LogP contribution in [0.2, 0.25) is 0 Å². The molecule has 12 heteroatoms. The lowest BCUT2D eigenvalue weighted by molar-refractivity contribution is -0.301. The van der Waals surface area contributed by atoms with Gasteiger partial charge in [0.2, 0.25) is 0 Å². The van der Waals surface area contributed by atoms with Gasteiger partial charge in [-0.05, 0) is 44.9 Å². The molecule has 1 heterocycles. The molecule has 6 atom stereocenters. The van der Waals surface area contributed by atoms with E-state index in [0.717, 1.165) is 89.9 Å². The van der Waals surface area contributed by atoms with Crippen LogP contribution in [-0.2, 0) is 42.9 Å². The lowest BCUT2D eigenvalue weighted by Crippen LogP contribution is -2.61. The van der Waals surface area contributed by atoms with Crippen LogP contribution >= 0.6 is 0 Å². The first-order chi connectivity index (χ1) is 33.6. The Hall–Kier alpha value is -2.80. The SMILES string of the molecule is CCC/C=C\C/C=C\CCCCCCCC(=O)OCC(COC1OC(C(=O)O)C(O)C(O)C1OC(=O)CCCCCCCCCCCCCCCCCCC)OC(=O)CCCCCCCCCCC. The third-order valence-corrected chi connectivity index (χ3v) is 13.0. The molecule has 1 aliphatic heterocycles. The average Bonchev–Trinajstić information content (AvgIpc) is 3.33. The molecule has 1 aliphatic rings. The fourth-order valence-electron chi connectivity index (χ4n) is 8.64. The molecule has 1 fully saturated rings. The summed E-state index contributed by atoms with van der Waals surface area (Å²) in [5.74, 6) is -3.11. The molecule has 0 bridgehead atoms. The van der Waals surface area contributed by atoms with E-state index in [2.05, 4.69) is 45.1 Å². The van der Waals surface area contributed by atoms with Crippen molar-refractivity contribution < 1.29 is 58.2 Å². The van der Waals surface area contributed by atoms with Crippen molar-refractivity contribution >= 4 is 23.9 Å². The van der Waals surface area contributed by atoms with E-state index in [1.807, 2.05) is 0 Å². The zero-order chi connectivity index (χ0) is 50.4. The zero-order valence-electron chi connectivity index (χ0n) is 44.1. The number of carboxylic acids is 1. The Bertz CT molecular complexity index is 1300. The highest BCUT2D eigenvalue weighted by atomic mass is 16.7. The Morgan fingerprint density at radius 3 is 1.36 bits per heavy atom. The van der Waals surface area contributed by atoms with Gasteiger partial charge in [0, 0.05) is 19.3 Å². The predicted molar refractivity (Wildman–Crippen MR) is 276 cm³/mol. The first-order valence-electron chi connectivity index (χ1n) is 28.3. The molecule has 0 radical (unpaired) electrons. The molecule has 1 rings (SSSR count). The molecule has 402 valence electrons. The Kier molecular flexibility index (Phi) is 43.1. The minimum Gasteiger partial charge on any atom is -0.479 e. The average molecular weight is 979 g/mol. The smallest absolute Gasteiger partial charge is 0.335 e. The summed E-state index contributed by atoms with van der Waals surface area (Å²) >= 11 is 0. The van der Waals surface area contributed by atoms with Crippen molar-refractivity contribution in [1.29, 1.82) is 0 Å². The molecule has 0 aliphatic carbocycles. The van der Waals surface area contributed by atoms with Crippen molar-refractivity contribution in [1.82, 2.24) is 0 Å². The molecule has 0 spiro atoms. The number of carbonyl (C=O) groups excluding carboxylic acids is 3. The van der Waals surface area contributed by atoms with Crippen LogP contribution in [0.5, 0.6) is 0 Å². The van der Waals surface area contributed by atoms with E-state index in [9.17, 15) is 34.5 Å². The third kappa shape index (κ3) is 36.7. The van der Waals surface area contributed by atoms with Gasteiger partial charge in [-0.3, -0.25) is 14.4 Å². The van der Waals surface area contributed by atoms with Crippen LogP contribution < -0.4 is 0 Å². The molecule has 12 nitrogen and oxygen atoms in total. The van der Waals surface area contributed by atoms with Crippen molar-refractivity contribution in [2.45, 2.75) is 302 Å². The van der Waals surface area contributed by atoms with Gasteiger partial charge in [0.05, 0.1) is 6.61 Å². The minimum absolute atomic E-state index is 0.0661. The van der Waals surface area contributed by atoms with Gasteiger partial charge in [0.15, 0.2) is 24.6 Å². The number of ether oxygens (including phenoxy) is 5. The number of aliphatic hydroxyl groups is 2. The molecule has 3 N–H and O–H groups in total. The molecule has 0 aromatic rings. The molecular weight excluding hydrogens is 877 g/mol. The second kappa shape index (κ2) is 46.3. The maximum absolute atomic E-state index is 13.0. The summed E-state index contributed by atoms with van der Waals surface area (Å²) in [4.78, 5) is 50.9. The number of rotatable bonds is 48. The quantitative estimate of drug-likeness (QED) is 0.0228. The second-order valence-corrected chi connectivity index (χ2v) is 19.6. The third-order valence-electron chi connectivity index (χ3n) is 13.0. The Balaban J connectivity index is 2.65. The van der Waals surface area contributed by atoms with Crippen molar-refractivity contribution in [2.75, 3.05) is 13.2 Å². The maximum atomic E-state index is 13.0. The van der Waals surface area contributed by atoms with E-state index in [-0.39, 0.29) is 25.9 Å². The number of hydrogen-bond donors (Lipinski definition) is 3. The van der Waals surface area contributed by atoms with Gasteiger partial charge in [-0.1, -0.05) is 225 Å². The van der Waals surface area contributed by atoms with E-state index in [1.54, 1.807) is 0 Å². The fraction of sp³-hybridized carbons (Fsp3) is 0.860. The first-order valence-corrected chi connectivity index (χ1v) is 28.3. The van der Waals surface area contributed by atoms with Gasteiger partial charge in [-0.25, -0.2) is 4.79 Å². The van der Waals surface area contributed by atoms with E-state index in [0.29, 0.717) is 19.3 Å². The van der Waals surface area contributed by atoms with Crippen LogP contribution in [0.1, 0.15) is 265 Å². The summed E-state index contributed by atoms with van der Waals surface area (Å²) in [6, 6.07) is 0. The summed E-state index contributed by atoms with van der Waals surface area (Å²) in [6.07, 6.45) is 38.8. The van der Waals surface area contributed by atoms with Crippen molar-refractivity contribution in [2.24, 2.45) is 0 Å². The van der Waals surface area contributed by atoms with Crippen LogP contribution in [0.4, 0.5) is 0 Å². The van der Waals surface area contributed by atoms with Crippen LogP contribution in [0, 0.1) is 0 Å². The highest BCUT2D eigenvalue weighted by molar-refractivity contribution is 5.74. The lowest BCUT2D eigenvalue weighted by atomic mass is 9.98. The maximum Gasteiger partial charge on any atom is 0.335 e. The van der Waals surface area contributed by atoms with Gasteiger partial charge in [0.25, 0.3) is 0 Å². The number of allylic oxidation sites excluding steroid dienone is 4. The Morgan fingerprint density at radius 2 is 0.899 bits per heavy atom. The monoisotopic (exact) mass is 979 g/mol. The predicted octanol–water partition coefficient (Wildman–Crippen LogP) is 13.9. The van der Waals surface area contributed by atoms with Gasteiger partial charge >= 0.3 is 23.9 Å². The topological polar surface area (TPSA) is 175 Å². The molecule has 0 amide bonds. The molecule has 0 aromatic heterocycles. The largest absolute Gasteiger partial charge is 0.479 e. The Morgan fingerprint density at radius 1 is 0.478 bits per heavy atom. The second-order valence-electron chi connectivity index (χ2n) is 19.6. The summed E-state index contributed by atoms with van der Waals surface area (Å²) in [5.41, 5.74) is 0. The van der Waals surface area contributed by atoms with E-state index in [4.69, 9.17) is 23.7 Å². The van der Waals surface area contributed by atoms with Crippen molar-refractivity contribution in [3.8, 4) is 0 Å². The number of carboxylic acid groups (broad SMARTS) is 1. The molecule has 0 saturated carbocycles. The molecule has 1 saturated heterocycles. The summed E-state index contributed by atoms with van der Waals surface area (Å²) in [7, 11) is 0. The first kappa shape index (κ1) is 64.2. The molecular formula is C57H102O12. The number of esters is 3. The van der Waals surface area contributed by atoms with E-state index >= 15 is 0 Å². The van der Waals surface area contributed by atoms with E-state index in [1.165, 1.54) is 116 Å². The fourth-order valence-corrected chi connectivity index (χ4v) is 8.64. The Labute approximate surface area is 419 Å². The summed E-state index contributed by atoms with van der Waals surface area (Å²) < 4.78 is 28.3. The standard InChI is InChI=1S/C57H102O12/c1-4-7-10-13-16-19-21-23-24-25-26-28-30-33-36-39-42-45-51(60)68-55-53(62)52(61)54(56(63)64)69-57(55)66-47-48(67-50(59)44-41-38-35-31-18-15-12-9-6-3)46-65-49(58)43-40-37-34-32-29-27-22-20-17-14-11-8-5-2/h11,14,20,22,48,52-55,57,61-62H,4-10,12-13,15-19,21,23-47H2,1-3H3,(H,63,64)/b14-11-,22-20-. The highest BCUT2D eigenvalue weighted by Crippen LogP contribution is 2.26. The zero-order valence-corrected chi connectivity index (χ0v) is 44.1. The number of unbranched alkanes of at least 4 members (excludes halogenated alkanes) is 30. The molecule has 69 heavy (non-hydrogen) atoms. The minimum atomic E-state index is -1.90. The van der Waals surface area contributed by atoms with Gasteiger partial charge in [-0.15, -0.1) is 0 Å². The number of aliphatic hydroxyl groups excluding tert-OH is 2. The van der Waals surface area contributed by atoms with Gasteiger partial charge in [-0.2, -0.15) is 0 Å². The van der Waals surface area contributed by atoms with Crippen LogP contribution in [-0.4, -0.2) is 89.2 Å². The highest BCUT2D eigenvalue weighted by Gasteiger charge is 2.50. The van der Waals surface area contributed by atoms with Gasteiger partial charge in [0.1, 0.15) is 18.8 Å². The van der Waals surface area contributed by atoms with Gasteiger partial charge < -0.3 is 39.0 Å². The molecule has 0 aromatic carbocycles. The van der Waals surface area contributed by atoms with Crippen molar-refractivity contribution in [3.05, 3.63) is 24.3 Å².